The smallest absolute Gasteiger partial charge is 0.267 e. The molecule has 0 spiro atoms. The molecule has 0 radical (unpaired) electrons. The highest BCUT2D eigenvalue weighted by atomic mass is 32.2. The van der Waals surface area contributed by atoms with Crippen LogP contribution in [0.15, 0.2) is 50.5 Å². The molecule has 0 aliphatic rings. The van der Waals surface area contributed by atoms with Gasteiger partial charge in [-0.05, 0) is 23.6 Å². The summed E-state index contributed by atoms with van der Waals surface area (Å²) in [6.45, 7) is 0. The van der Waals surface area contributed by atoms with Crippen LogP contribution in [0.1, 0.15) is 0 Å². The number of aromatic nitrogens is 1. The Kier molecular flexibility index (Phi) is 3.67. The van der Waals surface area contributed by atoms with Crippen LogP contribution >= 0.6 is 11.3 Å². The molecule has 1 N–H and O–H groups in total. The number of anilines is 1. The van der Waals surface area contributed by atoms with E-state index in [1.165, 1.54) is 17.4 Å². The number of rotatable bonds is 4. The van der Waals surface area contributed by atoms with Crippen molar-refractivity contribution in [2.75, 3.05) is 4.72 Å². The summed E-state index contributed by atoms with van der Waals surface area (Å²) in [7, 11) is -4.24. The summed E-state index contributed by atoms with van der Waals surface area (Å²) in [4.78, 5) is -0.678. The van der Waals surface area contributed by atoms with Gasteiger partial charge in [-0.25, -0.2) is 21.9 Å². The summed E-state index contributed by atoms with van der Waals surface area (Å²) in [5.74, 6) is -2.22. The molecule has 0 fully saturated rings. The second-order valence-electron chi connectivity index (χ2n) is 4.27. The maximum atomic E-state index is 13.6. The first kappa shape index (κ1) is 14.7. The van der Waals surface area contributed by atoms with Crippen LogP contribution in [-0.4, -0.2) is 13.6 Å². The number of thiophene rings is 1. The molecule has 0 unspecified atom stereocenters. The minimum Gasteiger partial charge on any atom is -0.337 e. The molecule has 5 nitrogen and oxygen atoms in total. The minimum atomic E-state index is -4.24. The van der Waals surface area contributed by atoms with Gasteiger partial charge in [-0.1, -0.05) is 5.16 Å². The molecule has 0 bridgehead atoms. The van der Waals surface area contributed by atoms with E-state index in [1.807, 2.05) is 10.8 Å². The number of halogens is 2. The lowest BCUT2D eigenvalue weighted by Gasteiger charge is -2.05. The van der Waals surface area contributed by atoms with Crippen molar-refractivity contribution in [1.82, 2.24) is 5.16 Å². The molecule has 1 aromatic carbocycles. The Hall–Kier alpha value is -2.26. The standard InChI is InChI=1S/C13H8F2N2O3S2/c14-9-1-2-12(10(15)5-9)22(18,19)17-13-6-11(16-20-13)8-3-4-21-7-8/h1-7,17H. The average Bonchev–Trinajstić information content (AvgIpc) is 3.07. The maximum absolute atomic E-state index is 13.6. The maximum Gasteiger partial charge on any atom is 0.267 e. The van der Waals surface area contributed by atoms with Crippen LogP contribution in [0.2, 0.25) is 0 Å². The van der Waals surface area contributed by atoms with Gasteiger partial charge in [0, 0.05) is 23.1 Å². The van der Waals surface area contributed by atoms with E-state index in [-0.39, 0.29) is 5.88 Å². The van der Waals surface area contributed by atoms with Crippen LogP contribution in [-0.2, 0) is 10.0 Å². The molecule has 0 atom stereocenters. The lowest BCUT2D eigenvalue weighted by atomic mass is 10.2. The predicted octanol–water partition coefficient (Wildman–Crippen LogP) is 3.48. The number of benzene rings is 1. The molecule has 0 saturated carbocycles. The van der Waals surface area contributed by atoms with Gasteiger partial charge in [-0.2, -0.15) is 11.3 Å². The van der Waals surface area contributed by atoms with Gasteiger partial charge in [0.1, 0.15) is 22.2 Å². The summed E-state index contributed by atoms with van der Waals surface area (Å²) < 4.78 is 57.5. The third-order valence-electron chi connectivity index (χ3n) is 2.75. The van der Waals surface area contributed by atoms with Crippen molar-refractivity contribution in [3.8, 4) is 11.3 Å². The van der Waals surface area contributed by atoms with Gasteiger partial charge >= 0.3 is 0 Å². The summed E-state index contributed by atoms with van der Waals surface area (Å²) >= 11 is 1.45. The zero-order valence-electron chi connectivity index (χ0n) is 10.8. The Labute approximate surface area is 128 Å². The predicted molar refractivity (Wildman–Crippen MR) is 77.0 cm³/mol. The SMILES string of the molecule is O=S(=O)(Nc1cc(-c2ccsc2)no1)c1ccc(F)cc1F. The van der Waals surface area contributed by atoms with Crippen LogP contribution < -0.4 is 4.72 Å². The second-order valence-corrected chi connectivity index (χ2v) is 6.70. The van der Waals surface area contributed by atoms with Gasteiger partial charge in [0.05, 0.1) is 0 Å². The Morgan fingerprint density at radius 2 is 2.00 bits per heavy atom. The fourth-order valence-electron chi connectivity index (χ4n) is 1.75. The Balaban J connectivity index is 1.89. The molecule has 9 heteroatoms. The van der Waals surface area contributed by atoms with E-state index in [1.54, 1.807) is 6.07 Å². The topological polar surface area (TPSA) is 72.2 Å². The molecular formula is C13H8F2N2O3S2. The molecule has 3 aromatic rings. The summed E-state index contributed by atoms with van der Waals surface area (Å²) in [5.41, 5.74) is 1.21. The van der Waals surface area contributed by atoms with Gasteiger partial charge in [-0.3, -0.25) is 0 Å². The van der Waals surface area contributed by atoms with Gasteiger partial charge < -0.3 is 4.52 Å². The van der Waals surface area contributed by atoms with Crippen molar-refractivity contribution in [2.45, 2.75) is 4.90 Å². The zero-order chi connectivity index (χ0) is 15.7. The molecule has 0 aliphatic heterocycles. The average molecular weight is 342 g/mol. The lowest BCUT2D eigenvalue weighted by molar-refractivity contribution is 0.438. The van der Waals surface area contributed by atoms with Crippen molar-refractivity contribution in [3.05, 3.63) is 52.7 Å². The summed E-state index contributed by atoms with van der Waals surface area (Å²) in [5, 5.41) is 7.37. The van der Waals surface area contributed by atoms with Crippen molar-refractivity contribution < 1.29 is 21.7 Å². The number of hydrogen-bond donors (Lipinski definition) is 1. The number of hydrogen-bond acceptors (Lipinski definition) is 5. The molecule has 114 valence electrons. The van der Waals surface area contributed by atoms with E-state index >= 15 is 0 Å². The largest absolute Gasteiger partial charge is 0.337 e. The molecule has 2 aromatic heterocycles. The van der Waals surface area contributed by atoms with Crippen LogP contribution in [0.3, 0.4) is 0 Å². The van der Waals surface area contributed by atoms with Gasteiger partial charge in [0.15, 0.2) is 0 Å². The van der Waals surface area contributed by atoms with Crippen LogP contribution in [0.4, 0.5) is 14.7 Å². The Morgan fingerprint density at radius 3 is 2.68 bits per heavy atom. The molecule has 2 heterocycles. The summed E-state index contributed by atoms with van der Waals surface area (Å²) in [6, 6.07) is 5.35. The number of nitrogens with zero attached hydrogens (tertiary/aromatic N) is 1. The van der Waals surface area contributed by atoms with E-state index in [0.717, 1.165) is 17.7 Å². The van der Waals surface area contributed by atoms with E-state index in [0.29, 0.717) is 11.8 Å². The van der Waals surface area contributed by atoms with Gasteiger partial charge in [-0.15, -0.1) is 0 Å². The van der Waals surface area contributed by atoms with Crippen LogP contribution in [0.25, 0.3) is 11.3 Å². The van der Waals surface area contributed by atoms with Crippen molar-refractivity contribution in [1.29, 1.82) is 0 Å². The first-order valence-electron chi connectivity index (χ1n) is 5.93. The molecule has 0 saturated heterocycles. The van der Waals surface area contributed by atoms with E-state index in [9.17, 15) is 17.2 Å². The molecular weight excluding hydrogens is 334 g/mol. The minimum absolute atomic E-state index is 0.162. The first-order chi connectivity index (χ1) is 10.5. The van der Waals surface area contributed by atoms with E-state index in [2.05, 4.69) is 9.88 Å². The fraction of sp³-hybridized carbons (Fsp3) is 0. The van der Waals surface area contributed by atoms with E-state index in [4.69, 9.17) is 4.52 Å². The Morgan fingerprint density at radius 1 is 1.18 bits per heavy atom. The van der Waals surface area contributed by atoms with Crippen molar-refractivity contribution in [3.63, 3.8) is 0 Å². The zero-order valence-corrected chi connectivity index (χ0v) is 12.4. The van der Waals surface area contributed by atoms with Crippen molar-refractivity contribution >= 4 is 27.2 Å². The van der Waals surface area contributed by atoms with Crippen LogP contribution in [0, 0.1) is 11.6 Å². The lowest BCUT2D eigenvalue weighted by Crippen LogP contribution is -2.14. The second kappa shape index (κ2) is 5.50. The Bertz CT molecular complexity index is 905. The highest BCUT2D eigenvalue weighted by molar-refractivity contribution is 7.92. The van der Waals surface area contributed by atoms with Crippen molar-refractivity contribution in [2.24, 2.45) is 0 Å². The molecule has 0 aliphatic carbocycles. The van der Waals surface area contributed by atoms with E-state index < -0.39 is 26.6 Å². The third kappa shape index (κ3) is 2.85. The normalized spacial score (nSPS) is 11.5. The highest BCUT2D eigenvalue weighted by Gasteiger charge is 2.21. The molecule has 3 rings (SSSR count). The third-order valence-corrected chi connectivity index (χ3v) is 4.81. The quantitative estimate of drug-likeness (QED) is 0.788. The number of nitrogens with one attached hydrogen (secondary N) is 1. The summed E-state index contributed by atoms with van der Waals surface area (Å²) in [6.07, 6.45) is 0. The highest BCUT2D eigenvalue weighted by Crippen LogP contribution is 2.25. The number of sulfonamides is 1. The van der Waals surface area contributed by atoms with Crippen LogP contribution in [0.5, 0.6) is 0 Å². The monoisotopic (exact) mass is 342 g/mol. The molecule has 0 amide bonds. The first-order valence-corrected chi connectivity index (χ1v) is 8.35. The van der Waals surface area contributed by atoms with Gasteiger partial charge in [0.2, 0.25) is 5.88 Å². The fourth-order valence-corrected chi connectivity index (χ4v) is 3.43. The molecule has 22 heavy (non-hydrogen) atoms. The van der Waals surface area contributed by atoms with Gasteiger partial charge in [0.25, 0.3) is 10.0 Å².